The number of rotatable bonds is 4. The number of benzene rings is 2. The molecule has 1 amide bonds. The van der Waals surface area contributed by atoms with Gasteiger partial charge in [0.05, 0.1) is 16.9 Å². The number of carbonyl (C=O) groups is 1. The quantitative estimate of drug-likeness (QED) is 0.666. The van der Waals surface area contributed by atoms with Crippen LogP contribution in [0.5, 0.6) is 11.5 Å². The number of halogens is 3. The number of fused-ring (bicyclic) bond motifs is 1. The average Bonchev–Trinajstić information content (AvgIpc) is 3.33. The number of aromatic amines is 1. The summed E-state index contributed by atoms with van der Waals surface area (Å²) in [7, 11) is 0. The molecule has 0 saturated heterocycles. The van der Waals surface area contributed by atoms with Crippen molar-refractivity contribution < 1.29 is 27.4 Å². The van der Waals surface area contributed by atoms with Crippen LogP contribution < -0.4 is 14.8 Å². The molecule has 4 rings (SSSR count). The Labute approximate surface area is 163 Å². The molecule has 6 nitrogen and oxygen atoms in total. The molecule has 9 heteroatoms. The summed E-state index contributed by atoms with van der Waals surface area (Å²) in [6, 6.07) is 9.57. The standard InChI is InChI=1S/C20H16F3N3O3/c1-2-14-18(24-19(27)12-6-7-15-16(9-12)29-10-28-15)17(26-25-14)11-4-3-5-13(8-11)20(21,22)23/h3-9H,2,10H2,1H3,(H,24,27)(H,25,26). The lowest BCUT2D eigenvalue weighted by Crippen LogP contribution is -2.13. The Bertz CT molecular complexity index is 1080. The van der Waals surface area contributed by atoms with E-state index in [2.05, 4.69) is 15.5 Å². The molecule has 3 aromatic rings. The lowest BCUT2D eigenvalue weighted by atomic mass is 10.1. The third-order valence-electron chi connectivity index (χ3n) is 4.53. The molecule has 1 aromatic heterocycles. The smallest absolute Gasteiger partial charge is 0.416 e. The maximum atomic E-state index is 13.1. The van der Waals surface area contributed by atoms with E-state index in [1.54, 1.807) is 18.2 Å². The van der Waals surface area contributed by atoms with E-state index in [1.807, 2.05) is 6.92 Å². The first-order valence-corrected chi connectivity index (χ1v) is 8.82. The molecule has 0 atom stereocenters. The van der Waals surface area contributed by atoms with Crippen molar-refractivity contribution in [3.05, 3.63) is 59.3 Å². The zero-order chi connectivity index (χ0) is 20.6. The van der Waals surface area contributed by atoms with Crippen LogP contribution in [0.15, 0.2) is 42.5 Å². The number of carbonyl (C=O) groups excluding carboxylic acids is 1. The van der Waals surface area contributed by atoms with E-state index in [0.29, 0.717) is 34.9 Å². The molecule has 0 bridgehead atoms. The van der Waals surface area contributed by atoms with Crippen LogP contribution in [0.4, 0.5) is 18.9 Å². The predicted octanol–water partition coefficient (Wildman–Crippen LogP) is 4.64. The molecule has 0 spiro atoms. The van der Waals surface area contributed by atoms with Gasteiger partial charge in [-0.1, -0.05) is 19.1 Å². The minimum Gasteiger partial charge on any atom is -0.454 e. The fraction of sp³-hybridized carbons (Fsp3) is 0.200. The van der Waals surface area contributed by atoms with Crippen molar-refractivity contribution in [3.63, 3.8) is 0 Å². The van der Waals surface area contributed by atoms with E-state index < -0.39 is 17.6 Å². The second kappa shape index (κ2) is 7.16. The van der Waals surface area contributed by atoms with E-state index in [0.717, 1.165) is 12.1 Å². The van der Waals surface area contributed by atoms with Gasteiger partial charge >= 0.3 is 6.18 Å². The number of H-pyrrole nitrogens is 1. The summed E-state index contributed by atoms with van der Waals surface area (Å²) in [6.45, 7) is 1.93. The number of alkyl halides is 3. The Morgan fingerprint density at radius 1 is 1.17 bits per heavy atom. The van der Waals surface area contributed by atoms with Gasteiger partial charge in [-0.3, -0.25) is 9.89 Å². The van der Waals surface area contributed by atoms with Crippen LogP contribution in [0.2, 0.25) is 0 Å². The highest BCUT2D eigenvalue weighted by Gasteiger charge is 2.31. The van der Waals surface area contributed by atoms with Crippen LogP contribution in [0.25, 0.3) is 11.3 Å². The van der Waals surface area contributed by atoms with Crippen molar-refractivity contribution in [3.8, 4) is 22.8 Å². The molecule has 0 aliphatic carbocycles. The summed E-state index contributed by atoms with van der Waals surface area (Å²) in [5, 5.41) is 9.69. The van der Waals surface area contributed by atoms with Crippen molar-refractivity contribution in [2.75, 3.05) is 12.1 Å². The monoisotopic (exact) mass is 403 g/mol. The Morgan fingerprint density at radius 3 is 2.72 bits per heavy atom. The predicted molar refractivity (Wildman–Crippen MR) is 98.9 cm³/mol. The summed E-state index contributed by atoms with van der Waals surface area (Å²) in [5.41, 5.74) is 0.969. The van der Waals surface area contributed by atoms with Gasteiger partial charge in [0.1, 0.15) is 5.69 Å². The third kappa shape index (κ3) is 3.63. The molecular weight excluding hydrogens is 387 g/mol. The lowest BCUT2D eigenvalue weighted by molar-refractivity contribution is -0.137. The third-order valence-corrected chi connectivity index (χ3v) is 4.53. The Balaban J connectivity index is 1.68. The van der Waals surface area contributed by atoms with Crippen molar-refractivity contribution >= 4 is 11.6 Å². The molecule has 1 aliphatic rings. The molecule has 0 saturated carbocycles. The number of nitrogens with one attached hydrogen (secondary N) is 2. The summed E-state index contributed by atoms with van der Waals surface area (Å²) < 4.78 is 49.7. The van der Waals surface area contributed by atoms with E-state index in [4.69, 9.17) is 9.47 Å². The number of ether oxygens (including phenoxy) is 2. The highest BCUT2D eigenvalue weighted by atomic mass is 19.4. The SMILES string of the molecule is CCc1[nH]nc(-c2cccc(C(F)(F)F)c2)c1NC(=O)c1ccc2c(c1)OCO2. The first-order valence-electron chi connectivity index (χ1n) is 8.82. The zero-order valence-corrected chi connectivity index (χ0v) is 15.3. The summed E-state index contributed by atoms with van der Waals surface area (Å²) in [4.78, 5) is 12.8. The zero-order valence-electron chi connectivity index (χ0n) is 15.3. The average molecular weight is 403 g/mol. The molecule has 2 heterocycles. The van der Waals surface area contributed by atoms with Crippen LogP contribution in [0, 0.1) is 0 Å². The van der Waals surface area contributed by atoms with Gasteiger partial charge in [-0.05, 0) is 36.8 Å². The van der Waals surface area contributed by atoms with Crippen LogP contribution in [0.1, 0.15) is 28.5 Å². The van der Waals surface area contributed by atoms with Gasteiger partial charge in [0, 0.05) is 11.1 Å². The van der Waals surface area contributed by atoms with Gasteiger partial charge in [0.15, 0.2) is 11.5 Å². The van der Waals surface area contributed by atoms with E-state index in [9.17, 15) is 18.0 Å². The van der Waals surface area contributed by atoms with Gasteiger partial charge < -0.3 is 14.8 Å². The fourth-order valence-corrected chi connectivity index (χ4v) is 3.04. The molecule has 29 heavy (non-hydrogen) atoms. The highest BCUT2D eigenvalue weighted by Crippen LogP contribution is 2.36. The Morgan fingerprint density at radius 2 is 1.97 bits per heavy atom. The number of anilines is 1. The van der Waals surface area contributed by atoms with Crippen LogP contribution in [-0.4, -0.2) is 22.9 Å². The van der Waals surface area contributed by atoms with E-state index in [1.165, 1.54) is 12.1 Å². The van der Waals surface area contributed by atoms with Crippen molar-refractivity contribution in [1.29, 1.82) is 0 Å². The molecular formula is C20H16F3N3O3. The van der Waals surface area contributed by atoms with Gasteiger partial charge in [0.2, 0.25) is 6.79 Å². The fourth-order valence-electron chi connectivity index (χ4n) is 3.04. The number of aryl methyl sites for hydroxylation is 1. The number of aromatic nitrogens is 2. The summed E-state index contributed by atoms with van der Waals surface area (Å²) in [6.07, 6.45) is -3.97. The molecule has 0 fully saturated rings. The van der Waals surface area contributed by atoms with Crippen molar-refractivity contribution in [2.24, 2.45) is 0 Å². The lowest BCUT2D eigenvalue weighted by Gasteiger charge is -2.10. The number of hydrogen-bond acceptors (Lipinski definition) is 4. The number of amides is 1. The van der Waals surface area contributed by atoms with Crippen molar-refractivity contribution in [2.45, 2.75) is 19.5 Å². The first kappa shape index (κ1) is 18.9. The van der Waals surface area contributed by atoms with Crippen LogP contribution in [-0.2, 0) is 12.6 Å². The Kier molecular flexibility index (Phi) is 4.65. The molecule has 1 aliphatic heterocycles. The van der Waals surface area contributed by atoms with E-state index in [-0.39, 0.29) is 18.1 Å². The maximum Gasteiger partial charge on any atom is 0.416 e. The molecule has 2 N–H and O–H groups in total. The number of nitrogens with zero attached hydrogens (tertiary/aromatic N) is 1. The highest BCUT2D eigenvalue weighted by molar-refractivity contribution is 6.06. The minimum atomic E-state index is -4.48. The second-order valence-corrected chi connectivity index (χ2v) is 6.38. The van der Waals surface area contributed by atoms with E-state index >= 15 is 0 Å². The van der Waals surface area contributed by atoms with Crippen LogP contribution >= 0.6 is 0 Å². The largest absolute Gasteiger partial charge is 0.454 e. The van der Waals surface area contributed by atoms with Crippen LogP contribution in [0.3, 0.4) is 0 Å². The summed E-state index contributed by atoms with van der Waals surface area (Å²) >= 11 is 0. The van der Waals surface area contributed by atoms with Crippen molar-refractivity contribution in [1.82, 2.24) is 10.2 Å². The Hall–Kier alpha value is -3.49. The summed E-state index contributed by atoms with van der Waals surface area (Å²) in [5.74, 6) is 0.565. The molecule has 150 valence electrons. The first-order chi connectivity index (χ1) is 13.9. The molecule has 0 unspecified atom stereocenters. The van der Waals surface area contributed by atoms with Gasteiger partial charge in [-0.15, -0.1) is 0 Å². The normalized spacial score (nSPS) is 12.8. The minimum absolute atomic E-state index is 0.0851. The molecule has 2 aromatic carbocycles. The van der Waals surface area contributed by atoms with Gasteiger partial charge in [-0.2, -0.15) is 18.3 Å². The second-order valence-electron chi connectivity index (χ2n) is 6.38. The topological polar surface area (TPSA) is 76.2 Å². The van der Waals surface area contributed by atoms with Gasteiger partial charge in [-0.25, -0.2) is 0 Å². The maximum absolute atomic E-state index is 13.1. The molecule has 0 radical (unpaired) electrons. The van der Waals surface area contributed by atoms with Gasteiger partial charge in [0.25, 0.3) is 5.91 Å². The number of hydrogen-bond donors (Lipinski definition) is 2.